The minimum atomic E-state index is -0.343. The number of carbonyl (C=O) groups excluding carboxylic acids is 1. The van der Waals surface area contributed by atoms with E-state index in [2.05, 4.69) is 41.5 Å². The molecule has 0 radical (unpaired) electrons. The second-order valence-electron chi connectivity index (χ2n) is 6.08. The maximum Gasteiger partial charge on any atom is 0.295 e. The molecule has 0 saturated carbocycles. The molecule has 0 aliphatic rings. The summed E-state index contributed by atoms with van der Waals surface area (Å²) < 4.78 is 6.33. The first-order chi connectivity index (χ1) is 14.1. The number of nitrogens with zero attached hydrogens (tertiary/aromatic N) is 3. The van der Waals surface area contributed by atoms with E-state index in [9.17, 15) is 4.79 Å². The Morgan fingerprint density at radius 3 is 2.72 bits per heavy atom. The largest absolute Gasteiger partial charge is 0.423 e. The fourth-order valence-electron chi connectivity index (χ4n) is 2.82. The number of rotatable bonds is 6. The summed E-state index contributed by atoms with van der Waals surface area (Å²) in [4.78, 5) is 25.3. The maximum absolute atomic E-state index is 12.6. The van der Waals surface area contributed by atoms with Crippen LogP contribution < -0.4 is 10.6 Å². The van der Waals surface area contributed by atoms with E-state index in [1.165, 1.54) is 0 Å². The van der Waals surface area contributed by atoms with E-state index in [-0.39, 0.29) is 18.2 Å². The summed E-state index contributed by atoms with van der Waals surface area (Å²) in [5.41, 5.74) is 3.62. The van der Waals surface area contributed by atoms with Crippen LogP contribution in [0.15, 0.2) is 63.9 Å². The van der Waals surface area contributed by atoms with Crippen molar-refractivity contribution in [1.82, 2.24) is 15.0 Å². The number of aromatic nitrogens is 3. The molecule has 3 aromatic heterocycles. The van der Waals surface area contributed by atoms with Gasteiger partial charge in [-0.25, -0.2) is 4.98 Å². The van der Waals surface area contributed by atoms with Crippen molar-refractivity contribution < 1.29 is 14.3 Å². The number of hydrogen-bond acceptors (Lipinski definition) is 7. The van der Waals surface area contributed by atoms with Gasteiger partial charge in [0.15, 0.2) is 5.58 Å². The summed E-state index contributed by atoms with van der Waals surface area (Å²) in [6.45, 7) is 0.270. The monoisotopic (exact) mass is 453 g/mol. The molecule has 1 amide bonds. The average Bonchev–Trinajstić information content (AvgIpc) is 3.15. The average molecular weight is 454 g/mol. The van der Waals surface area contributed by atoms with Crippen LogP contribution in [0.3, 0.4) is 0 Å². The van der Waals surface area contributed by atoms with E-state index in [1.807, 2.05) is 18.2 Å². The van der Waals surface area contributed by atoms with Crippen molar-refractivity contribution in [1.29, 1.82) is 0 Å². The number of aliphatic hydroxyl groups is 1. The third-order valence-corrected chi connectivity index (χ3v) is 4.52. The molecule has 0 spiro atoms. The predicted molar refractivity (Wildman–Crippen MR) is 113 cm³/mol. The van der Waals surface area contributed by atoms with Crippen LogP contribution in [-0.4, -0.2) is 39.1 Å². The number of pyridine rings is 2. The summed E-state index contributed by atoms with van der Waals surface area (Å²) in [5.74, 6) is -0.343. The van der Waals surface area contributed by atoms with E-state index < -0.39 is 0 Å². The van der Waals surface area contributed by atoms with Crippen LogP contribution in [0.2, 0.25) is 0 Å². The maximum atomic E-state index is 12.6. The van der Waals surface area contributed by atoms with Gasteiger partial charge in [-0.15, -0.1) is 0 Å². The lowest BCUT2D eigenvalue weighted by Crippen LogP contribution is -2.13. The summed E-state index contributed by atoms with van der Waals surface area (Å²) in [6, 6.07) is 12.7. The highest BCUT2D eigenvalue weighted by molar-refractivity contribution is 9.10. The van der Waals surface area contributed by atoms with Gasteiger partial charge in [0.2, 0.25) is 0 Å². The molecule has 1 aromatic carbocycles. The van der Waals surface area contributed by atoms with Crippen molar-refractivity contribution in [2.24, 2.45) is 0 Å². The van der Waals surface area contributed by atoms with Crippen molar-refractivity contribution >= 4 is 44.6 Å². The van der Waals surface area contributed by atoms with E-state index in [4.69, 9.17) is 9.52 Å². The second kappa shape index (κ2) is 8.38. The van der Waals surface area contributed by atoms with Crippen molar-refractivity contribution in [3.63, 3.8) is 0 Å². The number of hydrogen-bond donors (Lipinski definition) is 3. The van der Waals surface area contributed by atoms with Crippen molar-refractivity contribution in [2.75, 3.05) is 23.8 Å². The molecule has 8 nitrogen and oxygen atoms in total. The number of halogens is 1. The number of anilines is 2. The molecular formula is C20H16BrN5O3. The Labute approximate surface area is 174 Å². The van der Waals surface area contributed by atoms with Gasteiger partial charge in [0.1, 0.15) is 15.8 Å². The van der Waals surface area contributed by atoms with Gasteiger partial charge in [0, 0.05) is 36.3 Å². The number of benzene rings is 1. The van der Waals surface area contributed by atoms with Crippen LogP contribution in [0.5, 0.6) is 0 Å². The number of amides is 1. The quantitative estimate of drug-likeness (QED) is 0.381. The molecular weight excluding hydrogens is 438 g/mol. The smallest absolute Gasteiger partial charge is 0.295 e. The summed E-state index contributed by atoms with van der Waals surface area (Å²) in [6.07, 6.45) is 3.37. The van der Waals surface area contributed by atoms with Crippen LogP contribution in [0.1, 0.15) is 10.5 Å². The third kappa shape index (κ3) is 4.25. The highest BCUT2D eigenvalue weighted by atomic mass is 79.9. The predicted octanol–water partition coefficient (Wildman–Crippen LogP) is 3.70. The van der Waals surface area contributed by atoms with Crippen LogP contribution >= 0.6 is 15.9 Å². The molecule has 0 bridgehead atoms. The molecule has 0 aliphatic carbocycles. The van der Waals surface area contributed by atoms with E-state index in [0.29, 0.717) is 33.9 Å². The number of fused-ring (bicyclic) bond motifs is 1. The lowest BCUT2D eigenvalue weighted by atomic mass is 10.0. The Morgan fingerprint density at radius 2 is 1.97 bits per heavy atom. The molecule has 9 heteroatoms. The molecule has 29 heavy (non-hydrogen) atoms. The Bertz CT molecular complexity index is 1160. The topological polar surface area (TPSA) is 113 Å². The molecule has 4 aromatic rings. The van der Waals surface area contributed by atoms with Crippen molar-refractivity contribution in [3.8, 4) is 11.1 Å². The summed E-state index contributed by atoms with van der Waals surface area (Å²) in [5, 5.41) is 14.8. The molecule has 0 aliphatic heterocycles. The molecule has 0 saturated heterocycles. The third-order valence-electron chi connectivity index (χ3n) is 4.08. The number of nitrogens with one attached hydrogen (secondary N) is 2. The zero-order valence-electron chi connectivity index (χ0n) is 15.1. The first-order valence-electron chi connectivity index (χ1n) is 8.77. The van der Waals surface area contributed by atoms with E-state index in [0.717, 1.165) is 11.1 Å². The van der Waals surface area contributed by atoms with Crippen LogP contribution in [0.4, 0.5) is 11.7 Å². The molecule has 146 valence electrons. The van der Waals surface area contributed by atoms with Crippen molar-refractivity contribution in [2.45, 2.75) is 0 Å². The van der Waals surface area contributed by atoms with Gasteiger partial charge in [-0.05, 0) is 51.8 Å². The van der Waals surface area contributed by atoms with Gasteiger partial charge in [-0.1, -0.05) is 6.07 Å². The molecule has 4 rings (SSSR count). The summed E-state index contributed by atoms with van der Waals surface area (Å²) >= 11 is 3.27. The molecule has 0 atom stereocenters. The zero-order valence-corrected chi connectivity index (χ0v) is 16.7. The highest BCUT2D eigenvalue weighted by Gasteiger charge is 2.16. The van der Waals surface area contributed by atoms with Gasteiger partial charge in [-0.3, -0.25) is 9.78 Å². The minimum absolute atomic E-state index is 0.0448. The van der Waals surface area contributed by atoms with Gasteiger partial charge >= 0.3 is 0 Å². The SMILES string of the molecule is O=C(Nc1cc(-c2ccncc2)c2nc(NCCO)oc2c1)c1cccc(Br)n1. The van der Waals surface area contributed by atoms with Crippen LogP contribution in [0, 0.1) is 0 Å². The van der Waals surface area contributed by atoms with Crippen LogP contribution in [-0.2, 0) is 0 Å². The minimum Gasteiger partial charge on any atom is -0.423 e. The fraction of sp³-hybridized carbons (Fsp3) is 0.100. The second-order valence-corrected chi connectivity index (χ2v) is 6.89. The Kier molecular flexibility index (Phi) is 5.50. The fourth-order valence-corrected chi connectivity index (χ4v) is 3.17. The number of oxazole rings is 1. The standard InChI is InChI=1S/C20H16BrN5O3/c21-17-3-1-2-15(25-17)19(28)24-13-10-14(12-4-6-22-7-5-12)18-16(11-13)29-20(26-18)23-8-9-27/h1-7,10-11,27H,8-9H2,(H,23,26)(H,24,28). The van der Waals surface area contributed by atoms with Crippen LogP contribution in [0.25, 0.3) is 22.2 Å². The van der Waals surface area contributed by atoms with Gasteiger partial charge in [0.05, 0.1) is 6.61 Å². The van der Waals surface area contributed by atoms with E-state index >= 15 is 0 Å². The zero-order chi connectivity index (χ0) is 20.2. The first kappa shape index (κ1) is 19.0. The Morgan fingerprint density at radius 1 is 1.14 bits per heavy atom. The molecule has 0 unspecified atom stereocenters. The Balaban J connectivity index is 1.75. The number of carbonyl (C=O) groups is 1. The lowest BCUT2D eigenvalue weighted by Gasteiger charge is -2.08. The van der Waals surface area contributed by atoms with Gasteiger partial charge in [0.25, 0.3) is 11.9 Å². The molecule has 3 N–H and O–H groups in total. The van der Waals surface area contributed by atoms with Gasteiger partial charge in [-0.2, -0.15) is 4.98 Å². The lowest BCUT2D eigenvalue weighted by molar-refractivity contribution is 0.102. The first-order valence-corrected chi connectivity index (χ1v) is 9.57. The molecule has 0 fully saturated rings. The van der Waals surface area contributed by atoms with E-state index in [1.54, 1.807) is 36.7 Å². The summed E-state index contributed by atoms with van der Waals surface area (Å²) in [7, 11) is 0. The van der Waals surface area contributed by atoms with Gasteiger partial charge < -0.3 is 20.2 Å². The normalized spacial score (nSPS) is 10.8. The van der Waals surface area contributed by atoms with Crippen molar-refractivity contribution in [3.05, 3.63) is 65.2 Å². The number of aliphatic hydroxyl groups excluding tert-OH is 1. The molecule has 3 heterocycles. The Hall–Kier alpha value is -3.30. The highest BCUT2D eigenvalue weighted by Crippen LogP contribution is 2.33.